The summed E-state index contributed by atoms with van der Waals surface area (Å²) in [7, 11) is 5.90. The molecule has 2 radical (unpaired) electrons. The van der Waals surface area contributed by atoms with Gasteiger partial charge in [0.2, 0.25) is 11.7 Å². The van der Waals surface area contributed by atoms with Gasteiger partial charge >= 0.3 is 0 Å². The molecule has 1 N–H and O–H groups in total. The topological polar surface area (TPSA) is 81.9 Å². The average Bonchev–Trinajstić information content (AvgIpc) is 2.56. The van der Waals surface area contributed by atoms with Crippen LogP contribution in [0.1, 0.15) is 25.2 Å². The highest BCUT2D eigenvalue weighted by atomic mass is 19.1. The van der Waals surface area contributed by atoms with Crippen molar-refractivity contribution in [2.45, 2.75) is 20.3 Å². The maximum Gasteiger partial charge on any atom is 0.242 e. The highest BCUT2D eigenvalue weighted by Gasteiger charge is 2.17. The van der Waals surface area contributed by atoms with Crippen LogP contribution in [0, 0.1) is 23.1 Å². The summed E-state index contributed by atoms with van der Waals surface area (Å²) in [6.07, 6.45) is 1.41. The predicted octanol–water partition coefficient (Wildman–Crippen LogP) is 1.02. The van der Waals surface area contributed by atoms with Crippen LogP contribution in [0.2, 0.25) is 0 Å². The average molecular weight is 337 g/mol. The molecular weight excluding hydrogens is 320 g/mol. The van der Waals surface area contributed by atoms with E-state index < -0.39 is 0 Å². The van der Waals surface area contributed by atoms with E-state index in [2.05, 4.69) is 15.4 Å². The molecule has 2 aromatic rings. The van der Waals surface area contributed by atoms with Crippen LogP contribution in [0.25, 0.3) is 0 Å². The number of nitriles is 1. The number of anilines is 1. The zero-order valence-electron chi connectivity index (χ0n) is 14.0. The quantitative estimate of drug-likeness (QED) is 0.629. The number of carbonyl (C=O) groups excluding carboxylic acids is 1. The van der Waals surface area contributed by atoms with Crippen molar-refractivity contribution >= 4 is 25.0 Å². The standard InChI is InChI=1S/C17H17BFN5O/c1-11(2)10-24(17-14(18)9-21-15(8-20)22-17)23-16(25)7-12-3-5-13(19)6-4-12/h3-6,9,11H,7,10H2,1-2H3,(H,23,25). The normalized spacial score (nSPS) is 10.4. The molecule has 0 bridgehead atoms. The van der Waals surface area contributed by atoms with Crippen LogP contribution in [0.5, 0.6) is 0 Å². The first-order valence-corrected chi connectivity index (χ1v) is 7.73. The first-order chi connectivity index (χ1) is 11.9. The molecule has 0 spiro atoms. The van der Waals surface area contributed by atoms with Crippen LogP contribution in [-0.4, -0.2) is 30.3 Å². The molecule has 126 valence electrons. The van der Waals surface area contributed by atoms with Crippen molar-refractivity contribution in [2.24, 2.45) is 5.92 Å². The van der Waals surface area contributed by atoms with E-state index in [0.717, 1.165) is 0 Å². The van der Waals surface area contributed by atoms with Gasteiger partial charge in [-0.25, -0.2) is 14.4 Å². The molecule has 0 unspecified atom stereocenters. The molecule has 8 heteroatoms. The molecule has 1 aromatic carbocycles. The van der Waals surface area contributed by atoms with Gasteiger partial charge in [-0.2, -0.15) is 5.26 Å². The Morgan fingerprint density at radius 1 is 1.40 bits per heavy atom. The van der Waals surface area contributed by atoms with Crippen molar-refractivity contribution in [1.29, 1.82) is 5.26 Å². The molecule has 6 nitrogen and oxygen atoms in total. The van der Waals surface area contributed by atoms with E-state index in [1.54, 1.807) is 12.1 Å². The summed E-state index contributed by atoms with van der Waals surface area (Å²) in [4.78, 5) is 20.2. The molecule has 1 heterocycles. The second kappa shape index (κ2) is 8.24. The Kier molecular flexibility index (Phi) is 6.06. The van der Waals surface area contributed by atoms with Crippen molar-refractivity contribution in [2.75, 3.05) is 11.6 Å². The molecule has 1 aromatic heterocycles. The maximum absolute atomic E-state index is 13.0. The Morgan fingerprint density at radius 2 is 2.08 bits per heavy atom. The number of hydrazine groups is 1. The number of carbonyl (C=O) groups is 1. The molecule has 0 atom stereocenters. The Bertz CT molecular complexity index is 789. The second-order valence-corrected chi connectivity index (χ2v) is 5.93. The van der Waals surface area contributed by atoms with Crippen molar-refractivity contribution in [3.63, 3.8) is 0 Å². The fourth-order valence-corrected chi connectivity index (χ4v) is 2.18. The minimum atomic E-state index is -0.358. The van der Waals surface area contributed by atoms with Gasteiger partial charge < -0.3 is 0 Å². The van der Waals surface area contributed by atoms with Crippen LogP contribution in [0.15, 0.2) is 30.5 Å². The van der Waals surface area contributed by atoms with E-state index in [0.29, 0.717) is 12.1 Å². The summed E-state index contributed by atoms with van der Waals surface area (Å²) in [5.74, 6) is -0.225. The highest BCUT2D eigenvalue weighted by Crippen LogP contribution is 2.09. The molecule has 0 fully saturated rings. The molecule has 0 aliphatic carbocycles. The van der Waals surface area contributed by atoms with Gasteiger partial charge in [0.05, 0.1) is 6.42 Å². The Balaban J connectivity index is 2.19. The number of hydrogen-bond donors (Lipinski definition) is 1. The smallest absolute Gasteiger partial charge is 0.242 e. The van der Waals surface area contributed by atoms with Gasteiger partial charge in [0.25, 0.3) is 0 Å². The third-order valence-corrected chi connectivity index (χ3v) is 3.24. The third kappa shape index (κ3) is 5.28. The Morgan fingerprint density at radius 3 is 2.68 bits per heavy atom. The number of benzene rings is 1. The van der Waals surface area contributed by atoms with Gasteiger partial charge in [-0.3, -0.25) is 15.2 Å². The van der Waals surface area contributed by atoms with E-state index >= 15 is 0 Å². The van der Waals surface area contributed by atoms with Gasteiger partial charge in [-0.1, -0.05) is 26.0 Å². The van der Waals surface area contributed by atoms with Gasteiger partial charge in [-0.15, -0.1) is 0 Å². The lowest BCUT2D eigenvalue weighted by Gasteiger charge is -2.27. The molecule has 0 aliphatic heterocycles. The first kappa shape index (κ1) is 18.4. The van der Waals surface area contributed by atoms with Crippen LogP contribution >= 0.6 is 0 Å². The number of rotatable bonds is 6. The maximum atomic E-state index is 13.0. The summed E-state index contributed by atoms with van der Waals surface area (Å²) in [5, 5.41) is 10.5. The molecule has 25 heavy (non-hydrogen) atoms. The summed E-state index contributed by atoms with van der Waals surface area (Å²) in [5.41, 5.74) is 3.67. The molecule has 1 amide bonds. The van der Waals surface area contributed by atoms with E-state index in [4.69, 9.17) is 13.1 Å². The number of halogens is 1. The Labute approximate surface area is 147 Å². The predicted molar refractivity (Wildman–Crippen MR) is 92.6 cm³/mol. The van der Waals surface area contributed by atoms with E-state index in [1.807, 2.05) is 19.9 Å². The summed E-state index contributed by atoms with van der Waals surface area (Å²) >= 11 is 0. The molecule has 0 aliphatic rings. The van der Waals surface area contributed by atoms with Crippen molar-refractivity contribution in [1.82, 2.24) is 15.4 Å². The third-order valence-electron chi connectivity index (χ3n) is 3.24. The molecule has 2 rings (SSSR count). The fraction of sp³-hybridized carbons (Fsp3) is 0.294. The van der Waals surface area contributed by atoms with Crippen LogP contribution in [-0.2, 0) is 11.2 Å². The van der Waals surface area contributed by atoms with E-state index in [9.17, 15) is 9.18 Å². The lowest BCUT2D eigenvalue weighted by Crippen LogP contribution is -2.47. The van der Waals surface area contributed by atoms with Gasteiger partial charge in [0.15, 0.2) is 0 Å². The molecule has 0 saturated heterocycles. The van der Waals surface area contributed by atoms with Gasteiger partial charge in [0.1, 0.15) is 25.6 Å². The van der Waals surface area contributed by atoms with Gasteiger partial charge in [0, 0.05) is 12.7 Å². The fourth-order valence-electron chi connectivity index (χ4n) is 2.18. The lowest BCUT2D eigenvalue weighted by atomic mass is 9.98. The first-order valence-electron chi connectivity index (χ1n) is 7.73. The Hall–Kier alpha value is -2.95. The number of nitrogens with zero attached hydrogens (tertiary/aromatic N) is 4. The van der Waals surface area contributed by atoms with Crippen LogP contribution in [0.4, 0.5) is 10.2 Å². The summed E-state index contributed by atoms with van der Waals surface area (Å²) in [6.45, 7) is 4.39. The van der Waals surface area contributed by atoms with Crippen LogP contribution in [0.3, 0.4) is 0 Å². The SMILES string of the molecule is [B]c1cnc(C#N)nc1N(CC(C)C)NC(=O)Cc1ccc(F)cc1. The van der Waals surface area contributed by atoms with Gasteiger partial charge in [-0.05, 0) is 29.1 Å². The van der Waals surface area contributed by atoms with E-state index in [-0.39, 0.29) is 41.2 Å². The number of nitrogens with one attached hydrogen (secondary N) is 1. The monoisotopic (exact) mass is 337 g/mol. The van der Waals surface area contributed by atoms with Crippen molar-refractivity contribution in [3.8, 4) is 6.07 Å². The summed E-state index contributed by atoms with van der Waals surface area (Å²) < 4.78 is 13.0. The minimum Gasteiger partial charge on any atom is -0.273 e. The second-order valence-electron chi connectivity index (χ2n) is 5.93. The summed E-state index contributed by atoms with van der Waals surface area (Å²) in [6, 6.07) is 7.55. The minimum absolute atomic E-state index is 0.0364. The number of hydrogen-bond acceptors (Lipinski definition) is 5. The zero-order valence-corrected chi connectivity index (χ0v) is 14.0. The lowest BCUT2D eigenvalue weighted by molar-refractivity contribution is -0.120. The van der Waals surface area contributed by atoms with Crippen molar-refractivity contribution < 1.29 is 9.18 Å². The molecule has 0 saturated carbocycles. The van der Waals surface area contributed by atoms with E-state index in [1.165, 1.54) is 23.3 Å². The number of aromatic nitrogens is 2. The zero-order chi connectivity index (χ0) is 18.4. The largest absolute Gasteiger partial charge is 0.273 e. The number of amides is 1. The van der Waals surface area contributed by atoms with Crippen LogP contribution < -0.4 is 15.9 Å². The highest BCUT2D eigenvalue weighted by molar-refractivity contribution is 6.35. The van der Waals surface area contributed by atoms with Crippen molar-refractivity contribution in [3.05, 3.63) is 47.7 Å². The molecular formula is C17H17BFN5O.